The predicted molar refractivity (Wildman–Crippen MR) is 80.3 cm³/mol. The lowest BCUT2D eigenvalue weighted by Gasteiger charge is -2.17. The topological polar surface area (TPSA) is 34.5 Å². The maximum atomic E-state index is 11.6. The SMILES string of the molecule is COc1ccccc1-n1ccc([C@H]2SCC(=O)N2C)c1. The minimum atomic E-state index is 0.110. The molecule has 0 N–H and O–H groups in total. The number of amides is 1. The molecule has 20 heavy (non-hydrogen) atoms. The number of methoxy groups -OCH3 is 1. The van der Waals surface area contributed by atoms with E-state index in [9.17, 15) is 4.79 Å². The van der Waals surface area contributed by atoms with Crippen molar-refractivity contribution in [3.63, 3.8) is 0 Å². The number of aromatic nitrogens is 1. The fourth-order valence-electron chi connectivity index (χ4n) is 2.37. The number of benzene rings is 1. The highest BCUT2D eigenvalue weighted by atomic mass is 32.2. The van der Waals surface area contributed by atoms with E-state index in [1.54, 1.807) is 23.8 Å². The highest BCUT2D eigenvalue weighted by Gasteiger charge is 2.30. The van der Waals surface area contributed by atoms with Crippen LogP contribution in [0.3, 0.4) is 0 Å². The Morgan fingerprint density at radius 1 is 1.30 bits per heavy atom. The van der Waals surface area contributed by atoms with Gasteiger partial charge in [0.05, 0.1) is 18.6 Å². The van der Waals surface area contributed by atoms with Crippen molar-refractivity contribution in [2.45, 2.75) is 5.37 Å². The van der Waals surface area contributed by atoms with Crippen LogP contribution in [0.4, 0.5) is 0 Å². The van der Waals surface area contributed by atoms with Crippen LogP contribution in [0.1, 0.15) is 10.9 Å². The van der Waals surface area contributed by atoms with Crippen LogP contribution in [-0.2, 0) is 4.79 Å². The van der Waals surface area contributed by atoms with Gasteiger partial charge in [-0.1, -0.05) is 12.1 Å². The summed E-state index contributed by atoms with van der Waals surface area (Å²) in [6.45, 7) is 0. The molecule has 1 aromatic carbocycles. The average Bonchev–Trinajstić information content (AvgIpc) is 3.07. The van der Waals surface area contributed by atoms with Crippen LogP contribution in [0.15, 0.2) is 42.7 Å². The van der Waals surface area contributed by atoms with E-state index in [1.165, 1.54) is 0 Å². The molecule has 0 unspecified atom stereocenters. The molecule has 1 fully saturated rings. The maximum Gasteiger partial charge on any atom is 0.233 e. The van der Waals surface area contributed by atoms with Gasteiger partial charge in [0.25, 0.3) is 0 Å². The molecule has 0 spiro atoms. The van der Waals surface area contributed by atoms with E-state index in [1.807, 2.05) is 42.1 Å². The lowest BCUT2D eigenvalue weighted by molar-refractivity contribution is -0.126. The van der Waals surface area contributed by atoms with Crippen molar-refractivity contribution in [3.8, 4) is 11.4 Å². The molecule has 4 nitrogen and oxygen atoms in total. The Labute approximate surface area is 122 Å². The third-order valence-corrected chi connectivity index (χ3v) is 4.79. The Morgan fingerprint density at radius 3 is 2.80 bits per heavy atom. The van der Waals surface area contributed by atoms with Crippen molar-refractivity contribution in [1.82, 2.24) is 9.47 Å². The summed E-state index contributed by atoms with van der Waals surface area (Å²) in [5.74, 6) is 1.57. The molecule has 1 aromatic heterocycles. The molecule has 1 saturated heterocycles. The quantitative estimate of drug-likeness (QED) is 0.871. The fourth-order valence-corrected chi connectivity index (χ4v) is 3.54. The van der Waals surface area contributed by atoms with Crippen LogP contribution in [0, 0.1) is 0 Å². The van der Waals surface area contributed by atoms with Gasteiger partial charge in [-0.3, -0.25) is 4.79 Å². The second-order valence-corrected chi connectivity index (χ2v) is 5.76. The Morgan fingerprint density at radius 2 is 2.10 bits per heavy atom. The first-order chi connectivity index (χ1) is 9.70. The number of nitrogens with zero attached hydrogens (tertiary/aromatic N) is 2. The summed E-state index contributed by atoms with van der Waals surface area (Å²) in [6.07, 6.45) is 4.06. The smallest absolute Gasteiger partial charge is 0.233 e. The Kier molecular flexibility index (Phi) is 3.44. The molecule has 1 aliphatic rings. The van der Waals surface area contributed by atoms with E-state index < -0.39 is 0 Å². The predicted octanol–water partition coefficient (Wildman–Crippen LogP) is 2.69. The van der Waals surface area contributed by atoms with Crippen LogP contribution in [-0.4, -0.2) is 35.3 Å². The minimum Gasteiger partial charge on any atom is -0.495 e. The van der Waals surface area contributed by atoms with Crippen molar-refractivity contribution in [3.05, 3.63) is 48.3 Å². The molecule has 0 saturated carbocycles. The van der Waals surface area contributed by atoms with Gasteiger partial charge in [0.1, 0.15) is 11.1 Å². The number of carbonyl (C=O) groups excluding carboxylic acids is 1. The lowest BCUT2D eigenvalue weighted by Crippen LogP contribution is -2.22. The molecule has 104 valence electrons. The van der Waals surface area contributed by atoms with Crippen molar-refractivity contribution in [2.75, 3.05) is 19.9 Å². The highest BCUT2D eigenvalue weighted by molar-refractivity contribution is 8.00. The second-order valence-electron chi connectivity index (χ2n) is 4.69. The van der Waals surface area contributed by atoms with Crippen LogP contribution in [0.25, 0.3) is 5.69 Å². The van der Waals surface area contributed by atoms with Crippen molar-refractivity contribution >= 4 is 17.7 Å². The summed E-state index contributed by atoms with van der Waals surface area (Å²) in [5, 5.41) is 0.110. The number of rotatable bonds is 3. The van der Waals surface area contributed by atoms with Crippen LogP contribution >= 0.6 is 11.8 Å². The van der Waals surface area contributed by atoms with Gasteiger partial charge < -0.3 is 14.2 Å². The van der Waals surface area contributed by atoms with E-state index in [2.05, 4.69) is 12.3 Å². The lowest BCUT2D eigenvalue weighted by atomic mass is 10.3. The van der Waals surface area contributed by atoms with E-state index in [0.29, 0.717) is 5.75 Å². The molecule has 0 radical (unpaired) electrons. The largest absolute Gasteiger partial charge is 0.495 e. The molecule has 1 amide bonds. The first-order valence-corrected chi connectivity index (χ1v) is 7.44. The second kappa shape index (κ2) is 5.25. The van der Waals surface area contributed by atoms with Gasteiger partial charge >= 0.3 is 0 Å². The summed E-state index contributed by atoms with van der Waals surface area (Å²) < 4.78 is 7.42. The third kappa shape index (κ3) is 2.18. The number of thioether (sulfide) groups is 1. The molecule has 2 aromatic rings. The standard InChI is InChI=1S/C15H16N2O2S/c1-16-14(18)10-20-15(16)11-7-8-17(9-11)12-5-3-4-6-13(12)19-2/h3-9,15H,10H2,1-2H3/t15-/m1/s1. The van der Waals surface area contributed by atoms with Crippen molar-refractivity contribution in [2.24, 2.45) is 0 Å². The van der Waals surface area contributed by atoms with Crippen LogP contribution < -0.4 is 4.74 Å². The molecule has 5 heteroatoms. The van der Waals surface area contributed by atoms with E-state index in [4.69, 9.17) is 4.74 Å². The highest BCUT2D eigenvalue weighted by Crippen LogP contribution is 2.38. The zero-order valence-corrected chi connectivity index (χ0v) is 12.3. The Balaban J connectivity index is 1.92. The number of hydrogen-bond acceptors (Lipinski definition) is 3. The Bertz CT molecular complexity index is 638. The molecule has 0 aliphatic carbocycles. The third-order valence-electron chi connectivity index (χ3n) is 3.47. The molecule has 3 rings (SSSR count). The number of carbonyl (C=O) groups is 1. The summed E-state index contributed by atoms with van der Waals surface area (Å²) in [7, 11) is 3.52. The van der Waals surface area contributed by atoms with E-state index in [0.717, 1.165) is 17.0 Å². The van der Waals surface area contributed by atoms with E-state index >= 15 is 0 Å². The summed E-state index contributed by atoms with van der Waals surface area (Å²) in [5.41, 5.74) is 2.13. The first kappa shape index (κ1) is 13.1. The van der Waals surface area contributed by atoms with Gasteiger partial charge in [0.15, 0.2) is 0 Å². The average molecular weight is 288 g/mol. The Hall–Kier alpha value is -1.88. The summed E-state index contributed by atoms with van der Waals surface area (Å²) in [6, 6.07) is 9.94. The zero-order chi connectivity index (χ0) is 14.1. The monoisotopic (exact) mass is 288 g/mol. The summed E-state index contributed by atoms with van der Waals surface area (Å²) in [4.78, 5) is 13.4. The van der Waals surface area contributed by atoms with Gasteiger partial charge in [-0.05, 0) is 18.2 Å². The number of ether oxygens (including phenoxy) is 1. The number of para-hydroxylation sites is 2. The first-order valence-electron chi connectivity index (χ1n) is 6.39. The summed E-state index contributed by atoms with van der Waals surface area (Å²) >= 11 is 1.66. The van der Waals surface area contributed by atoms with Gasteiger partial charge in [-0.2, -0.15) is 0 Å². The maximum absolute atomic E-state index is 11.6. The van der Waals surface area contributed by atoms with Crippen molar-refractivity contribution in [1.29, 1.82) is 0 Å². The van der Waals surface area contributed by atoms with Crippen LogP contribution in [0.2, 0.25) is 0 Å². The molecule has 1 aliphatic heterocycles. The number of hydrogen-bond donors (Lipinski definition) is 0. The van der Waals surface area contributed by atoms with Gasteiger partial charge in [-0.25, -0.2) is 0 Å². The zero-order valence-electron chi connectivity index (χ0n) is 11.4. The van der Waals surface area contributed by atoms with E-state index in [-0.39, 0.29) is 11.3 Å². The molecule has 1 atom stereocenters. The van der Waals surface area contributed by atoms with Crippen molar-refractivity contribution < 1.29 is 9.53 Å². The van der Waals surface area contributed by atoms with Gasteiger partial charge in [0, 0.05) is 25.0 Å². The van der Waals surface area contributed by atoms with Gasteiger partial charge in [0.2, 0.25) is 5.91 Å². The fraction of sp³-hybridized carbons (Fsp3) is 0.267. The molecule has 2 heterocycles. The normalized spacial score (nSPS) is 18.6. The van der Waals surface area contributed by atoms with Crippen LogP contribution in [0.5, 0.6) is 5.75 Å². The molecular formula is C15H16N2O2S. The molecule has 0 bridgehead atoms. The molecular weight excluding hydrogens is 272 g/mol. The minimum absolute atomic E-state index is 0.110. The van der Waals surface area contributed by atoms with Gasteiger partial charge in [-0.15, -0.1) is 11.8 Å².